The predicted octanol–water partition coefficient (Wildman–Crippen LogP) is 4.14. The van der Waals surface area contributed by atoms with E-state index >= 15 is 0 Å². The first kappa shape index (κ1) is 19.8. The van der Waals surface area contributed by atoms with Gasteiger partial charge in [-0.1, -0.05) is 23.7 Å². The maximum atomic E-state index is 12.8. The topological polar surface area (TPSA) is 91.4 Å². The molecule has 2 heterocycles. The van der Waals surface area contributed by atoms with Gasteiger partial charge in [0.25, 0.3) is 17.7 Å². The molecule has 0 saturated heterocycles. The van der Waals surface area contributed by atoms with Gasteiger partial charge < -0.3 is 5.32 Å². The highest BCUT2D eigenvalue weighted by Crippen LogP contribution is 2.30. The van der Waals surface area contributed by atoms with E-state index in [1.54, 1.807) is 54.0 Å². The fourth-order valence-electron chi connectivity index (χ4n) is 2.92. The van der Waals surface area contributed by atoms with Crippen LogP contribution in [-0.2, 0) is 9.59 Å². The first-order valence-corrected chi connectivity index (χ1v) is 10.1. The minimum atomic E-state index is -0.589. The molecule has 2 aromatic carbocycles. The molecule has 0 saturated carbocycles. The number of halogens is 1. The van der Waals surface area contributed by atoms with Crippen molar-refractivity contribution >= 4 is 57.2 Å². The number of rotatable bonds is 5. The molecule has 150 valence electrons. The van der Waals surface area contributed by atoms with Crippen molar-refractivity contribution < 1.29 is 14.4 Å². The van der Waals surface area contributed by atoms with Gasteiger partial charge in [-0.05, 0) is 48.9 Å². The molecule has 0 unspecified atom stereocenters. The molecule has 3 aromatic rings. The summed E-state index contributed by atoms with van der Waals surface area (Å²) in [6, 6.07) is 13.5. The van der Waals surface area contributed by atoms with Crippen LogP contribution in [0, 0.1) is 6.92 Å². The number of nitrogens with zero attached hydrogens (tertiary/aromatic N) is 2. The number of aryl methyl sites for hydroxylation is 1. The van der Waals surface area contributed by atoms with E-state index in [9.17, 15) is 14.4 Å². The van der Waals surface area contributed by atoms with Crippen LogP contribution in [0.2, 0.25) is 0 Å². The van der Waals surface area contributed by atoms with Crippen molar-refractivity contribution in [2.45, 2.75) is 6.92 Å². The van der Waals surface area contributed by atoms with Crippen LogP contribution in [0.4, 0.5) is 16.5 Å². The molecule has 9 heteroatoms. The smallest absolute Gasteiger partial charge is 0.283 e. The first-order chi connectivity index (χ1) is 14.4. The summed E-state index contributed by atoms with van der Waals surface area (Å²) in [5.41, 5.74) is 2.29. The van der Waals surface area contributed by atoms with Gasteiger partial charge in [-0.15, -0.1) is 11.3 Å². The van der Waals surface area contributed by atoms with Crippen LogP contribution in [0.3, 0.4) is 0 Å². The van der Waals surface area contributed by atoms with Crippen molar-refractivity contribution in [1.82, 2.24) is 4.98 Å². The van der Waals surface area contributed by atoms with Crippen LogP contribution in [0.5, 0.6) is 0 Å². The number of benzene rings is 2. The standard InChI is InChI=1S/C21H15ClN4O3S/c1-12-3-2-4-15(11-12)26-19(28)16(22)17(20(26)29)24-14-7-5-13(6-8-14)18(27)25-21-23-9-10-30-21/h2-11,24H,1H3,(H,23,25,27). The zero-order chi connectivity index (χ0) is 21.3. The highest BCUT2D eigenvalue weighted by Gasteiger charge is 2.38. The highest BCUT2D eigenvalue weighted by molar-refractivity contribution is 7.13. The largest absolute Gasteiger partial charge is 0.350 e. The Labute approximate surface area is 181 Å². The van der Waals surface area contributed by atoms with Gasteiger partial charge in [0.2, 0.25) is 0 Å². The minimum Gasteiger partial charge on any atom is -0.350 e. The van der Waals surface area contributed by atoms with Gasteiger partial charge in [-0.3, -0.25) is 19.7 Å². The fourth-order valence-corrected chi connectivity index (χ4v) is 3.65. The van der Waals surface area contributed by atoms with Crippen LogP contribution in [0.1, 0.15) is 15.9 Å². The van der Waals surface area contributed by atoms with Crippen LogP contribution >= 0.6 is 22.9 Å². The summed E-state index contributed by atoms with van der Waals surface area (Å²) in [5.74, 6) is -1.43. The Morgan fingerprint density at radius 3 is 2.53 bits per heavy atom. The summed E-state index contributed by atoms with van der Waals surface area (Å²) < 4.78 is 0. The van der Waals surface area contributed by atoms with Crippen molar-refractivity contribution in [1.29, 1.82) is 0 Å². The molecule has 0 bridgehead atoms. The summed E-state index contributed by atoms with van der Waals surface area (Å²) in [7, 11) is 0. The number of hydrogen-bond donors (Lipinski definition) is 2. The molecular formula is C21H15ClN4O3S. The van der Waals surface area contributed by atoms with Gasteiger partial charge >= 0.3 is 0 Å². The number of thiazole rings is 1. The van der Waals surface area contributed by atoms with E-state index in [1.807, 2.05) is 13.0 Å². The Morgan fingerprint density at radius 1 is 1.10 bits per heavy atom. The van der Waals surface area contributed by atoms with E-state index in [2.05, 4.69) is 15.6 Å². The second-order valence-corrected chi connectivity index (χ2v) is 7.74. The number of nitrogens with one attached hydrogen (secondary N) is 2. The molecule has 0 aliphatic carbocycles. The molecular weight excluding hydrogens is 424 g/mol. The Hall–Kier alpha value is -3.49. The van der Waals surface area contributed by atoms with Crippen LogP contribution < -0.4 is 15.5 Å². The van der Waals surface area contributed by atoms with E-state index in [0.29, 0.717) is 22.1 Å². The van der Waals surface area contributed by atoms with Gasteiger partial charge in [-0.2, -0.15) is 0 Å². The van der Waals surface area contributed by atoms with Crippen molar-refractivity contribution in [3.8, 4) is 0 Å². The lowest BCUT2D eigenvalue weighted by Gasteiger charge is -2.15. The SMILES string of the molecule is Cc1cccc(N2C(=O)C(Cl)=C(Nc3ccc(C(=O)Nc4nccs4)cc3)C2=O)c1. The Bertz CT molecular complexity index is 1170. The van der Waals surface area contributed by atoms with Gasteiger partial charge in [-0.25, -0.2) is 9.88 Å². The first-order valence-electron chi connectivity index (χ1n) is 8.87. The third-order valence-corrected chi connectivity index (χ3v) is 5.40. The van der Waals surface area contributed by atoms with E-state index in [0.717, 1.165) is 10.5 Å². The van der Waals surface area contributed by atoms with E-state index in [-0.39, 0.29) is 16.6 Å². The van der Waals surface area contributed by atoms with E-state index < -0.39 is 11.8 Å². The van der Waals surface area contributed by atoms with Crippen molar-refractivity contribution in [2.75, 3.05) is 15.5 Å². The average Bonchev–Trinajstić information content (AvgIpc) is 3.31. The molecule has 1 aliphatic heterocycles. The van der Waals surface area contributed by atoms with Gasteiger partial charge in [0.15, 0.2) is 5.13 Å². The maximum absolute atomic E-state index is 12.8. The zero-order valence-corrected chi connectivity index (χ0v) is 17.3. The lowest BCUT2D eigenvalue weighted by molar-refractivity contribution is -0.120. The molecule has 0 fully saturated rings. The molecule has 2 N–H and O–H groups in total. The second kappa shape index (κ2) is 8.10. The number of carbonyl (C=O) groups is 3. The number of amides is 3. The third-order valence-electron chi connectivity index (χ3n) is 4.36. The van der Waals surface area contributed by atoms with Crippen molar-refractivity contribution in [3.05, 3.63) is 82.0 Å². The maximum Gasteiger partial charge on any atom is 0.283 e. The second-order valence-electron chi connectivity index (χ2n) is 6.47. The monoisotopic (exact) mass is 438 g/mol. The molecule has 4 rings (SSSR count). The normalized spacial score (nSPS) is 13.7. The minimum absolute atomic E-state index is 0.0110. The zero-order valence-electron chi connectivity index (χ0n) is 15.7. The van der Waals surface area contributed by atoms with Crippen molar-refractivity contribution in [3.63, 3.8) is 0 Å². The van der Waals surface area contributed by atoms with Gasteiger partial charge in [0.1, 0.15) is 10.7 Å². The average molecular weight is 439 g/mol. The summed E-state index contributed by atoms with van der Waals surface area (Å²) in [4.78, 5) is 42.7. The quantitative estimate of drug-likeness (QED) is 0.584. The lowest BCUT2D eigenvalue weighted by Crippen LogP contribution is -2.32. The number of anilines is 3. The summed E-state index contributed by atoms with van der Waals surface area (Å²) in [5, 5.41) is 7.66. The molecule has 3 amide bonds. The van der Waals surface area contributed by atoms with Crippen molar-refractivity contribution in [2.24, 2.45) is 0 Å². The van der Waals surface area contributed by atoms with Crippen LogP contribution in [-0.4, -0.2) is 22.7 Å². The molecule has 0 atom stereocenters. The Morgan fingerprint density at radius 2 is 1.87 bits per heavy atom. The summed E-state index contributed by atoms with van der Waals surface area (Å²) in [6.45, 7) is 1.87. The molecule has 1 aliphatic rings. The molecule has 0 spiro atoms. The van der Waals surface area contributed by atoms with Crippen LogP contribution in [0.15, 0.2) is 70.8 Å². The third kappa shape index (κ3) is 3.83. The predicted molar refractivity (Wildman–Crippen MR) is 117 cm³/mol. The molecule has 0 radical (unpaired) electrons. The van der Waals surface area contributed by atoms with Gasteiger partial charge in [0.05, 0.1) is 5.69 Å². The molecule has 7 nitrogen and oxygen atoms in total. The van der Waals surface area contributed by atoms with E-state index in [4.69, 9.17) is 11.6 Å². The number of imide groups is 1. The summed E-state index contributed by atoms with van der Waals surface area (Å²) in [6.07, 6.45) is 1.60. The van der Waals surface area contributed by atoms with E-state index in [1.165, 1.54) is 11.3 Å². The lowest BCUT2D eigenvalue weighted by atomic mass is 10.2. The number of hydrogen-bond acceptors (Lipinski definition) is 6. The number of carbonyl (C=O) groups excluding carboxylic acids is 3. The summed E-state index contributed by atoms with van der Waals surface area (Å²) >= 11 is 7.47. The fraction of sp³-hybridized carbons (Fsp3) is 0.0476. The Kier molecular flexibility index (Phi) is 5.35. The molecule has 30 heavy (non-hydrogen) atoms. The molecule has 1 aromatic heterocycles. The Balaban J connectivity index is 1.50. The highest BCUT2D eigenvalue weighted by atomic mass is 35.5. The number of aromatic nitrogens is 1. The van der Waals surface area contributed by atoms with Gasteiger partial charge in [0, 0.05) is 22.8 Å². The van der Waals surface area contributed by atoms with Crippen LogP contribution in [0.25, 0.3) is 0 Å².